The van der Waals surface area contributed by atoms with Gasteiger partial charge in [-0.3, -0.25) is 4.79 Å². The summed E-state index contributed by atoms with van der Waals surface area (Å²) in [6.45, 7) is 7.03. The molecule has 29 heavy (non-hydrogen) atoms. The highest BCUT2D eigenvalue weighted by Gasteiger charge is 2.63. The molecule has 0 aromatic rings. The maximum Gasteiger partial charge on any atom is 0.303 e. The monoisotopic (exact) mass is 408 g/mol. The van der Waals surface area contributed by atoms with Crippen LogP contribution in [-0.4, -0.2) is 38.3 Å². The third kappa shape index (κ3) is 3.36. The van der Waals surface area contributed by atoms with E-state index >= 15 is 0 Å². The van der Waals surface area contributed by atoms with Gasteiger partial charge >= 0.3 is 5.97 Å². The SMILES string of the molecule is C[C@H](CCC(=O)O)[C@H]1CC[C@H]2[C@@H]3CC[C@@H]4CC(O)(O)C(O)C[C@]4(C)[C@H]3CC[C@]12C. The zero-order valence-corrected chi connectivity index (χ0v) is 18.3. The van der Waals surface area contributed by atoms with E-state index in [-0.39, 0.29) is 17.8 Å². The fourth-order valence-corrected chi connectivity index (χ4v) is 8.79. The molecule has 0 bridgehead atoms. The van der Waals surface area contributed by atoms with Gasteiger partial charge in [0.2, 0.25) is 0 Å². The number of rotatable bonds is 4. The Bertz CT molecular complexity index is 647. The molecule has 4 aliphatic carbocycles. The summed E-state index contributed by atoms with van der Waals surface area (Å²) in [7, 11) is 0. The van der Waals surface area contributed by atoms with E-state index in [0.717, 1.165) is 25.7 Å². The number of carbonyl (C=O) groups is 1. The number of carboxylic acid groups (broad SMARTS) is 1. The summed E-state index contributed by atoms with van der Waals surface area (Å²) >= 11 is 0. The summed E-state index contributed by atoms with van der Waals surface area (Å²) in [6, 6.07) is 0. The molecule has 0 heterocycles. The van der Waals surface area contributed by atoms with E-state index in [9.17, 15) is 20.1 Å². The summed E-state index contributed by atoms with van der Waals surface area (Å²) < 4.78 is 0. The number of hydrogen-bond acceptors (Lipinski definition) is 4. The lowest BCUT2D eigenvalue weighted by Gasteiger charge is -2.62. The van der Waals surface area contributed by atoms with E-state index in [1.165, 1.54) is 19.3 Å². The predicted octanol–water partition coefficient (Wildman–Crippen LogP) is 3.80. The van der Waals surface area contributed by atoms with Crippen LogP contribution in [0.2, 0.25) is 0 Å². The number of aliphatic hydroxyl groups is 3. The highest BCUT2D eigenvalue weighted by molar-refractivity contribution is 5.66. The van der Waals surface area contributed by atoms with Gasteiger partial charge in [-0.1, -0.05) is 20.8 Å². The van der Waals surface area contributed by atoms with Crippen molar-refractivity contribution in [3.63, 3.8) is 0 Å². The number of aliphatic hydroxyl groups excluding tert-OH is 1. The van der Waals surface area contributed by atoms with Crippen molar-refractivity contribution in [2.75, 3.05) is 0 Å². The van der Waals surface area contributed by atoms with Crippen molar-refractivity contribution >= 4 is 5.97 Å². The summed E-state index contributed by atoms with van der Waals surface area (Å²) in [5.41, 5.74) is 0.291. The van der Waals surface area contributed by atoms with Gasteiger partial charge in [-0.15, -0.1) is 0 Å². The van der Waals surface area contributed by atoms with Gasteiger partial charge in [-0.2, -0.15) is 0 Å². The molecule has 0 radical (unpaired) electrons. The van der Waals surface area contributed by atoms with Gasteiger partial charge in [0, 0.05) is 12.8 Å². The smallest absolute Gasteiger partial charge is 0.303 e. The topological polar surface area (TPSA) is 98.0 Å². The summed E-state index contributed by atoms with van der Waals surface area (Å²) in [5.74, 6) is 0.607. The van der Waals surface area contributed by atoms with Crippen LogP contribution in [0.15, 0.2) is 0 Å². The van der Waals surface area contributed by atoms with Crippen molar-refractivity contribution in [2.45, 2.75) is 96.9 Å². The van der Waals surface area contributed by atoms with Gasteiger partial charge in [0.05, 0.1) is 0 Å². The van der Waals surface area contributed by atoms with E-state index in [1.54, 1.807) is 0 Å². The fourth-order valence-electron chi connectivity index (χ4n) is 8.79. The van der Waals surface area contributed by atoms with Crippen LogP contribution in [0, 0.1) is 46.3 Å². The van der Waals surface area contributed by atoms with Crippen molar-refractivity contribution < 1.29 is 25.2 Å². The first-order chi connectivity index (χ1) is 13.5. The Labute approximate surface area is 174 Å². The third-order valence-electron chi connectivity index (χ3n) is 10.4. The molecule has 4 fully saturated rings. The van der Waals surface area contributed by atoms with Crippen molar-refractivity contribution in [3.8, 4) is 0 Å². The fraction of sp³-hybridized carbons (Fsp3) is 0.958. The summed E-state index contributed by atoms with van der Waals surface area (Å²) in [6.07, 6.45) is 7.76. The minimum Gasteiger partial charge on any atom is -0.481 e. The molecule has 4 N–H and O–H groups in total. The molecule has 0 saturated heterocycles. The van der Waals surface area contributed by atoms with Crippen molar-refractivity contribution in [1.29, 1.82) is 0 Å². The molecule has 166 valence electrons. The lowest BCUT2D eigenvalue weighted by Crippen LogP contribution is -2.60. The molecule has 0 amide bonds. The Hall–Kier alpha value is -0.650. The van der Waals surface area contributed by atoms with E-state index < -0.39 is 17.9 Å². The van der Waals surface area contributed by atoms with Gasteiger partial charge in [0.1, 0.15) is 6.10 Å². The Kier molecular flexibility index (Phi) is 5.36. The molecule has 1 unspecified atom stereocenters. The van der Waals surface area contributed by atoms with Gasteiger partial charge in [-0.25, -0.2) is 0 Å². The van der Waals surface area contributed by atoms with Crippen LogP contribution in [0.1, 0.15) is 85.0 Å². The quantitative estimate of drug-likeness (QED) is 0.531. The molecular weight excluding hydrogens is 368 g/mol. The number of aliphatic carboxylic acids is 1. The van der Waals surface area contributed by atoms with E-state index in [1.807, 2.05) is 0 Å². The maximum atomic E-state index is 11.1. The van der Waals surface area contributed by atoms with Gasteiger partial charge < -0.3 is 20.4 Å². The zero-order chi connectivity index (χ0) is 21.2. The normalized spacial score (nSPS) is 49.6. The van der Waals surface area contributed by atoms with Crippen molar-refractivity contribution in [2.24, 2.45) is 46.3 Å². The molecular formula is C24H40O5. The average Bonchev–Trinajstić information content (AvgIpc) is 2.98. The second-order valence-electron chi connectivity index (χ2n) is 11.6. The minimum absolute atomic E-state index is 0.00830. The molecule has 9 atom stereocenters. The molecule has 5 heteroatoms. The third-order valence-corrected chi connectivity index (χ3v) is 10.4. The van der Waals surface area contributed by atoms with Crippen LogP contribution in [0.5, 0.6) is 0 Å². The van der Waals surface area contributed by atoms with Gasteiger partial charge in [0.25, 0.3) is 0 Å². The summed E-state index contributed by atoms with van der Waals surface area (Å²) in [4.78, 5) is 11.1. The first kappa shape index (κ1) is 21.6. The molecule has 5 nitrogen and oxygen atoms in total. The highest BCUT2D eigenvalue weighted by Crippen LogP contribution is 2.68. The van der Waals surface area contributed by atoms with Crippen LogP contribution in [0.3, 0.4) is 0 Å². The largest absolute Gasteiger partial charge is 0.481 e. The van der Waals surface area contributed by atoms with Crippen LogP contribution in [0.25, 0.3) is 0 Å². The average molecular weight is 409 g/mol. The van der Waals surface area contributed by atoms with Crippen LogP contribution >= 0.6 is 0 Å². The lowest BCUT2D eigenvalue weighted by molar-refractivity contribution is -0.284. The Morgan fingerprint density at radius 2 is 1.69 bits per heavy atom. The molecule has 0 aromatic carbocycles. The predicted molar refractivity (Wildman–Crippen MR) is 110 cm³/mol. The van der Waals surface area contributed by atoms with Crippen LogP contribution in [-0.2, 0) is 4.79 Å². The summed E-state index contributed by atoms with van der Waals surface area (Å²) in [5, 5.41) is 40.0. The molecule has 0 aromatic heterocycles. The number of hydrogen-bond donors (Lipinski definition) is 4. The second-order valence-corrected chi connectivity index (χ2v) is 11.6. The highest BCUT2D eigenvalue weighted by atomic mass is 16.5. The Morgan fingerprint density at radius 3 is 2.38 bits per heavy atom. The van der Waals surface area contributed by atoms with E-state index in [4.69, 9.17) is 5.11 Å². The molecule has 4 aliphatic rings. The first-order valence-electron chi connectivity index (χ1n) is 11.8. The zero-order valence-electron chi connectivity index (χ0n) is 18.3. The molecule has 0 spiro atoms. The van der Waals surface area contributed by atoms with Gasteiger partial charge in [-0.05, 0) is 97.7 Å². The Morgan fingerprint density at radius 1 is 1.00 bits per heavy atom. The van der Waals surface area contributed by atoms with Crippen LogP contribution in [0.4, 0.5) is 0 Å². The minimum atomic E-state index is -1.93. The van der Waals surface area contributed by atoms with Crippen molar-refractivity contribution in [1.82, 2.24) is 0 Å². The lowest BCUT2D eigenvalue weighted by atomic mass is 9.44. The second kappa shape index (κ2) is 7.20. The van der Waals surface area contributed by atoms with E-state index in [0.29, 0.717) is 47.8 Å². The Balaban J connectivity index is 1.53. The standard InChI is InChI=1S/C24H40O5/c1-14(4-9-21(26)27)17-7-8-18-16-6-5-15-12-24(28,29)20(25)13-23(15,3)19(16)10-11-22(17,18)2/h14-20,25,28-29H,4-13H2,1-3H3,(H,26,27)/t14-,15-,16+,17-,18+,19+,20?,22-,23+/m1/s1. The van der Waals surface area contributed by atoms with Crippen LogP contribution < -0.4 is 0 Å². The number of fused-ring (bicyclic) bond motifs is 5. The van der Waals surface area contributed by atoms with E-state index in [2.05, 4.69) is 20.8 Å². The molecule has 4 rings (SSSR count). The maximum absolute atomic E-state index is 11.1. The molecule has 0 aliphatic heterocycles. The van der Waals surface area contributed by atoms with Crippen molar-refractivity contribution in [3.05, 3.63) is 0 Å². The first-order valence-corrected chi connectivity index (χ1v) is 11.8. The molecule has 4 saturated carbocycles. The van der Waals surface area contributed by atoms with Gasteiger partial charge in [0.15, 0.2) is 5.79 Å². The number of carboxylic acids is 1.